The van der Waals surface area contributed by atoms with E-state index in [1.165, 1.54) is 12.1 Å². The predicted molar refractivity (Wildman–Crippen MR) is 98.1 cm³/mol. The summed E-state index contributed by atoms with van der Waals surface area (Å²) in [6, 6.07) is 9.47. The number of nitrogens with one attached hydrogen (secondary N) is 2. The number of H-pyrrole nitrogens is 1. The number of benzene rings is 2. The molecule has 4 aromatic rings. The Morgan fingerprint density at radius 3 is 2.57 bits per heavy atom. The molecule has 4 rings (SSSR count). The van der Waals surface area contributed by atoms with Crippen LogP contribution in [0.1, 0.15) is 15.9 Å². The van der Waals surface area contributed by atoms with Gasteiger partial charge in [0.15, 0.2) is 0 Å². The molecule has 0 unspecified atom stereocenters. The van der Waals surface area contributed by atoms with Crippen molar-refractivity contribution in [3.8, 4) is 0 Å². The normalized spacial score (nSPS) is 12.2. The van der Waals surface area contributed by atoms with Crippen molar-refractivity contribution in [3.05, 3.63) is 65.9 Å². The molecule has 0 aliphatic rings. The van der Waals surface area contributed by atoms with Gasteiger partial charge in [0.1, 0.15) is 0 Å². The van der Waals surface area contributed by atoms with Gasteiger partial charge in [0.25, 0.3) is 15.9 Å². The van der Waals surface area contributed by atoms with Crippen LogP contribution >= 0.6 is 0 Å². The summed E-state index contributed by atoms with van der Waals surface area (Å²) in [5.41, 5.74) is -1.01. The quantitative estimate of drug-likeness (QED) is 0.507. The van der Waals surface area contributed by atoms with Crippen LogP contribution < -0.4 is 5.32 Å². The first-order valence-electron chi connectivity index (χ1n) is 8.26. The molecule has 0 aliphatic heterocycles. The van der Waals surface area contributed by atoms with Gasteiger partial charge in [-0.2, -0.15) is 13.2 Å². The van der Waals surface area contributed by atoms with Crippen molar-refractivity contribution in [1.29, 1.82) is 0 Å². The maximum Gasteiger partial charge on any atom is 0.416 e. The van der Waals surface area contributed by atoms with E-state index < -0.39 is 32.6 Å². The highest BCUT2D eigenvalue weighted by atomic mass is 32.2. The molecule has 154 valence electrons. The number of hydrogen-bond acceptors (Lipinski definition) is 6. The Morgan fingerprint density at radius 2 is 1.87 bits per heavy atom. The molecule has 30 heavy (non-hydrogen) atoms. The molecule has 2 N–H and O–H groups in total. The van der Waals surface area contributed by atoms with E-state index >= 15 is 0 Å². The van der Waals surface area contributed by atoms with Gasteiger partial charge in [-0.15, -0.1) is 0 Å². The van der Waals surface area contributed by atoms with Crippen LogP contribution in [-0.2, 0) is 16.2 Å². The smallest absolute Gasteiger partial charge is 0.289 e. The van der Waals surface area contributed by atoms with E-state index in [1.54, 1.807) is 12.1 Å². The molecular formula is C17H11F3N6O3S. The number of amides is 1. The molecule has 2 aromatic carbocycles. The molecule has 0 radical (unpaired) electrons. The molecule has 1 amide bonds. The van der Waals surface area contributed by atoms with Crippen LogP contribution in [0.4, 0.5) is 19.1 Å². The molecule has 0 saturated carbocycles. The van der Waals surface area contributed by atoms with Gasteiger partial charge in [-0.1, -0.05) is 29.4 Å². The van der Waals surface area contributed by atoms with Crippen molar-refractivity contribution < 1.29 is 26.4 Å². The average Bonchev–Trinajstić information content (AvgIpc) is 3.35. The molecule has 9 nitrogen and oxygen atoms in total. The lowest BCUT2D eigenvalue weighted by molar-refractivity contribution is -0.137. The van der Waals surface area contributed by atoms with E-state index in [-0.39, 0.29) is 22.4 Å². The van der Waals surface area contributed by atoms with Crippen LogP contribution in [0, 0.1) is 0 Å². The number of carbonyl (C=O) groups is 1. The number of fused-ring (bicyclic) bond motifs is 1. The molecule has 0 spiro atoms. The topological polar surface area (TPSA) is 123 Å². The third-order valence-electron chi connectivity index (χ3n) is 4.22. The van der Waals surface area contributed by atoms with E-state index in [0.717, 1.165) is 28.4 Å². The van der Waals surface area contributed by atoms with Gasteiger partial charge in [-0.05, 0) is 34.7 Å². The zero-order valence-corrected chi connectivity index (χ0v) is 15.6. The average molecular weight is 436 g/mol. The van der Waals surface area contributed by atoms with Crippen LogP contribution in [0.5, 0.6) is 0 Å². The second-order valence-electron chi connectivity index (χ2n) is 6.09. The largest absolute Gasteiger partial charge is 0.416 e. The van der Waals surface area contributed by atoms with Gasteiger partial charge < -0.3 is 0 Å². The van der Waals surface area contributed by atoms with E-state index in [2.05, 4.69) is 25.9 Å². The molecule has 0 fully saturated rings. The summed E-state index contributed by atoms with van der Waals surface area (Å²) in [5.74, 6) is -0.764. The van der Waals surface area contributed by atoms with Crippen LogP contribution in [0.3, 0.4) is 0 Å². The SMILES string of the molecule is O=C(Nc1nnn[nH]1)c1cn(S(=O)(=O)c2cccc(C(F)(F)F)c2)c2ccccc12. The molecule has 0 aliphatic carbocycles. The first-order chi connectivity index (χ1) is 14.2. The van der Waals surface area contributed by atoms with Crippen molar-refractivity contribution in [2.45, 2.75) is 11.1 Å². The van der Waals surface area contributed by atoms with Crippen molar-refractivity contribution in [1.82, 2.24) is 24.6 Å². The Balaban J connectivity index is 1.84. The number of anilines is 1. The summed E-state index contributed by atoms with van der Waals surface area (Å²) in [4.78, 5) is 12.0. The third kappa shape index (κ3) is 3.39. The molecule has 0 atom stereocenters. The van der Waals surface area contributed by atoms with Crippen molar-refractivity contribution >= 4 is 32.8 Å². The number of halogens is 3. The molecular weight excluding hydrogens is 425 g/mol. The highest BCUT2D eigenvalue weighted by Gasteiger charge is 2.32. The molecule has 2 heterocycles. The number of tetrazole rings is 1. The fourth-order valence-corrected chi connectivity index (χ4v) is 4.28. The van der Waals surface area contributed by atoms with Crippen LogP contribution in [0.2, 0.25) is 0 Å². The number of para-hydroxylation sites is 1. The zero-order valence-electron chi connectivity index (χ0n) is 14.8. The van der Waals surface area contributed by atoms with Crippen molar-refractivity contribution in [3.63, 3.8) is 0 Å². The summed E-state index contributed by atoms with van der Waals surface area (Å²) in [7, 11) is -4.43. The van der Waals surface area contributed by atoms with E-state index in [0.29, 0.717) is 6.07 Å². The van der Waals surface area contributed by atoms with Gasteiger partial charge in [0.05, 0.1) is 21.5 Å². The molecule has 2 aromatic heterocycles. The maximum absolute atomic E-state index is 13.1. The Bertz CT molecular complexity index is 1350. The Labute approximate surface area is 166 Å². The number of aromatic amines is 1. The fourth-order valence-electron chi connectivity index (χ4n) is 2.86. The minimum absolute atomic E-state index is 0.0300. The summed E-state index contributed by atoms with van der Waals surface area (Å²) in [6.07, 6.45) is -3.67. The monoisotopic (exact) mass is 436 g/mol. The van der Waals surface area contributed by atoms with Crippen molar-refractivity contribution in [2.75, 3.05) is 5.32 Å². The lowest BCUT2D eigenvalue weighted by Crippen LogP contribution is -2.15. The summed E-state index contributed by atoms with van der Waals surface area (Å²) in [5, 5.41) is 15.1. The number of hydrogen-bond donors (Lipinski definition) is 2. The highest BCUT2D eigenvalue weighted by Crippen LogP contribution is 2.32. The van der Waals surface area contributed by atoms with Gasteiger partial charge in [-0.25, -0.2) is 17.5 Å². The Morgan fingerprint density at radius 1 is 1.10 bits per heavy atom. The minimum Gasteiger partial charge on any atom is -0.289 e. The standard InChI is InChI=1S/C17H11F3N6O3S/c18-17(19,20)10-4-3-5-11(8-10)30(28,29)26-9-13(12-6-1-2-7-14(12)26)15(27)21-16-22-24-25-23-16/h1-9H,(H2,21,22,23,24,25,27). The lowest BCUT2D eigenvalue weighted by atomic mass is 10.1. The third-order valence-corrected chi connectivity index (χ3v) is 5.89. The Hall–Kier alpha value is -3.74. The number of alkyl halides is 3. The van der Waals surface area contributed by atoms with Crippen LogP contribution in [0.15, 0.2) is 59.6 Å². The molecule has 0 saturated heterocycles. The minimum atomic E-state index is -4.71. The fraction of sp³-hybridized carbons (Fsp3) is 0.0588. The second-order valence-corrected chi connectivity index (χ2v) is 7.91. The number of carbonyl (C=O) groups excluding carboxylic acids is 1. The first kappa shape index (κ1) is 19.6. The first-order valence-corrected chi connectivity index (χ1v) is 9.70. The zero-order chi connectivity index (χ0) is 21.5. The summed E-state index contributed by atoms with van der Waals surface area (Å²) < 4.78 is 66.1. The van der Waals surface area contributed by atoms with Gasteiger partial charge in [0, 0.05) is 11.6 Å². The van der Waals surface area contributed by atoms with Crippen LogP contribution in [-0.4, -0.2) is 38.9 Å². The summed E-state index contributed by atoms with van der Waals surface area (Å²) in [6.45, 7) is 0. The van der Waals surface area contributed by atoms with E-state index in [1.807, 2.05) is 0 Å². The van der Waals surface area contributed by atoms with Gasteiger partial charge in [-0.3, -0.25) is 10.1 Å². The molecule has 0 bridgehead atoms. The van der Waals surface area contributed by atoms with Crippen molar-refractivity contribution in [2.24, 2.45) is 0 Å². The number of rotatable bonds is 4. The summed E-state index contributed by atoms with van der Waals surface area (Å²) >= 11 is 0. The lowest BCUT2D eigenvalue weighted by Gasteiger charge is -2.11. The van der Waals surface area contributed by atoms with Crippen LogP contribution in [0.25, 0.3) is 10.9 Å². The highest BCUT2D eigenvalue weighted by molar-refractivity contribution is 7.90. The molecule has 13 heteroatoms. The van der Waals surface area contributed by atoms with E-state index in [9.17, 15) is 26.4 Å². The van der Waals surface area contributed by atoms with Gasteiger partial charge >= 0.3 is 6.18 Å². The number of aromatic nitrogens is 5. The van der Waals surface area contributed by atoms with Gasteiger partial charge in [0.2, 0.25) is 5.95 Å². The predicted octanol–water partition coefficient (Wildman–Crippen LogP) is 2.66. The second kappa shape index (κ2) is 6.95. The Kier molecular flexibility index (Phi) is 4.53. The maximum atomic E-state index is 13.1. The number of nitrogens with zero attached hydrogens (tertiary/aromatic N) is 4. The van der Waals surface area contributed by atoms with E-state index in [4.69, 9.17) is 0 Å².